The van der Waals surface area contributed by atoms with E-state index in [4.69, 9.17) is 16.9 Å². The lowest BCUT2D eigenvalue weighted by molar-refractivity contribution is -0.101. The minimum Gasteiger partial charge on any atom is -0.392 e. The molecule has 3 rings (SSSR count). The van der Waals surface area contributed by atoms with Crippen LogP contribution in [0.25, 0.3) is 5.52 Å². The zero-order chi connectivity index (χ0) is 17.7. The van der Waals surface area contributed by atoms with Crippen molar-refractivity contribution in [1.29, 1.82) is 5.26 Å². The summed E-state index contributed by atoms with van der Waals surface area (Å²) in [5, 5.41) is 43.6. The summed E-state index contributed by atoms with van der Waals surface area (Å²) in [5.74, 6) is 1.85. The Bertz CT molecular complexity index is 953. The van der Waals surface area contributed by atoms with Gasteiger partial charge in [-0.15, -0.1) is 11.5 Å². The van der Waals surface area contributed by atoms with Gasteiger partial charge in [0, 0.05) is 0 Å². The molecule has 0 amide bonds. The van der Waals surface area contributed by atoms with E-state index in [0.29, 0.717) is 0 Å². The molecule has 1 aliphatic rings. The van der Waals surface area contributed by atoms with Crippen molar-refractivity contribution in [3.8, 4) is 18.4 Å². The van der Waals surface area contributed by atoms with E-state index in [1.807, 2.05) is 0 Å². The number of nitrogens with one attached hydrogen (secondary N) is 1. The minimum absolute atomic E-state index is 0.0429. The van der Waals surface area contributed by atoms with E-state index in [2.05, 4.69) is 16.0 Å². The van der Waals surface area contributed by atoms with Gasteiger partial charge >= 0.3 is 0 Å². The number of hydrogen-bond acceptors (Lipinski definition) is 8. The zero-order valence-corrected chi connectivity index (χ0v) is 12.2. The van der Waals surface area contributed by atoms with E-state index in [-0.39, 0.29) is 17.2 Å². The summed E-state index contributed by atoms with van der Waals surface area (Å²) in [6.07, 6.45) is 1.77. The number of nitrogens with zero attached hydrogens (tertiary/aromatic N) is 3. The number of H-pyrrole nitrogens is 1. The SMILES string of the molecule is C#C[C@]1(CO)O[C@@](C#N)(c2ccc3c(=O)[nH]c(N)nn23)C(O)[C@H]1O. The van der Waals surface area contributed by atoms with Crippen LogP contribution in [0.3, 0.4) is 0 Å². The molecule has 10 heteroatoms. The number of aliphatic hydroxyl groups excluding tert-OH is 3. The summed E-state index contributed by atoms with van der Waals surface area (Å²) >= 11 is 0. The second-order valence-corrected chi connectivity index (χ2v) is 5.39. The molecule has 0 saturated carbocycles. The number of aromatic nitrogens is 3. The predicted molar refractivity (Wildman–Crippen MR) is 79.3 cm³/mol. The van der Waals surface area contributed by atoms with Crippen LogP contribution in [0.2, 0.25) is 0 Å². The molecule has 4 atom stereocenters. The minimum atomic E-state index is -2.16. The number of terminal acetylenes is 1. The zero-order valence-electron chi connectivity index (χ0n) is 12.2. The Hall–Kier alpha value is -2.89. The Morgan fingerprint density at radius 2 is 2.21 bits per heavy atom. The van der Waals surface area contributed by atoms with E-state index >= 15 is 0 Å². The Kier molecular flexibility index (Phi) is 3.37. The third-order valence-corrected chi connectivity index (χ3v) is 4.10. The van der Waals surface area contributed by atoms with Crippen LogP contribution in [0.1, 0.15) is 5.69 Å². The highest BCUT2D eigenvalue weighted by Crippen LogP contribution is 2.44. The lowest BCUT2D eigenvalue weighted by Crippen LogP contribution is -2.45. The van der Waals surface area contributed by atoms with Gasteiger partial charge in [-0.25, -0.2) is 4.52 Å². The van der Waals surface area contributed by atoms with Gasteiger partial charge in [0.05, 0.1) is 12.3 Å². The number of aromatic amines is 1. The van der Waals surface area contributed by atoms with E-state index in [0.717, 1.165) is 4.52 Å². The topological polar surface area (TPSA) is 170 Å². The van der Waals surface area contributed by atoms with Crippen LogP contribution >= 0.6 is 0 Å². The van der Waals surface area contributed by atoms with Gasteiger partial charge < -0.3 is 25.8 Å². The number of fused-ring (bicyclic) bond motifs is 1. The molecule has 10 nitrogen and oxygen atoms in total. The third-order valence-electron chi connectivity index (χ3n) is 4.10. The summed E-state index contributed by atoms with van der Waals surface area (Å²) in [7, 11) is 0. The van der Waals surface area contributed by atoms with Crippen molar-refractivity contribution in [2.45, 2.75) is 23.4 Å². The van der Waals surface area contributed by atoms with Crippen LogP contribution in [0, 0.1) is 23.7 Å². The molecule has 1 unspecified atom stereocenters. The molecule has 6 N–H and O–H groups in total. The molecule has 0 aromatic carbocycles. The summed E-state index contributed by atoms with van der Waals surface area (Å²) in [6.45, 7) is -0.829. The number of nitrogens with two attached hydrogens (primary N) is 1. The second kappa shape index (κ2) is 5.06. The highest BCUT2D eigenvalue weighted by Gasteiger charge is 2.64. The average molecular weight is 331 g/mol. The number of rotatable bonds is 2. The van der Waals surface area contributed by atoms with E-state index in [9.17, 15) is 25.4 Å². The lowest BCUT2D eigenvalue weighted by atomic mass is 9.89. The standard InChI is InChI=1S/C14H13N5O5/c1-2-13(6-20)9(21)10(22)14(5-15,24-13)8-4-3-7-11(23)17-12(16)18-19(7)8/h1,3-4,9-10,20-22H,6H2,(H3,16,17,18,23)/t9-,10?,13-,14+/m1/s1. The first-order chi connectivity index (χ1) is 11.3. The van der Waals surface area contributed by atoms with Crippen molar-refractivity contribution in [2.75, 3.05) is 12.3 Å². The maximum Gasteiger partial charge on any atom is 0.276 e. The molecule has 0 spiro atoms. The number of nitrogen functional groups attached to an aromatic ring is 1. The number of anilines is 1. The molecule has 0 aliphatic carbocycles. The van der Waals surface area contributed by atoms with Gasteiger partial charge in [-0.3, -0.25) is 9.78 Å². The smallest absolute Gasteiger partial charge is 0.276 e. The molecular weight excluding hydrogens is 318 g/mol. The number of ether oxygens (including phenoxy) is 1. The Labute approximate surface area is 134 Å². The van der Waals surface area contributed by atoms with E-state index < -0.39 is 35.6 Å². The van der Waals surface area contributed by atoms with Gasteiger partial charge in [-0.2, -0.15) is 5.26 Å². The van der Waals surface area contributed by atoms with Crippen LogP contribution in [0.15, 0.2) is 16.9 Å². The van der Waals surface area contributed by atoms with Gasteiger partial charge in [0.25, 0.3) is 5.56 Å². The first-order valence-corrected chi connectivity index (χ1v) is 6.79. The Balaban J connectivity index is 2.30. The molecule has 2 aromatic rings. The number of aliphatic hydroxyl groups is 3. The highest BCUT2D eigenvalue weighted by molar-refractivity contribution is 5.50. The van der Waals surface area contributed by atoms with Crippen LogP contribution in [0.5, 0.6) is 0 Å². The van der Waals surface area contributed by atoms with Crippen LogP contribution < -0.4 is 11.3 Å². The Morgan fingerprint density at radius 1 is 1.50 bits per heavy atom. The van der Waals surface area contributed by atoms with Gasteiger partial charge in [0.1, 0.15) is 23.8 Å². The van der Waals surface area contributed by atoms with Crippen molar-refractivity contribution < 1.29 is 20.1 Å². The fraction of sp³-hybridized carbons (Fsp3) is 0.357. The lowest BCUT2D eigenvalue weighted by Gasteiger charge is -2.26. The molecule has 1 saturated heterocycles. The van der Waals surface area contributed by atoms with Crippen molar-refractivity contribution in [1.82, 2.24) is 14.6 Å². The van der Waals surface area contributed by atoms with Gasteiger partial charge in [-0.1, -0.05) is 5.92 Å². The molecular formula is C14H13N5O5. The van der Waals surface area contributed by atoms with Crippen LogP contribution in [-0.2, 0) is 10.3 Å². The summed E-state index contributed by atoms with van der Waals surface area (Å²) in [5.41, 5.74) is 0.783. The van der Waals surface area contributed by atoms with Crippen molar-refractivity contribution in [3.05, 3.63) is 28.2 Å². The molecule has 0 bridgehead atoms. The normalized spacial score (nSPS) is 32.5. The van der Waals surface area contributed by atoms with Crippen LogP contribution in [-0.4, -0.2) is 54.3 Å². The highest BCUT2D eigenvalue weighted by atomic mass is 16.6. The molecule has 2 aromatic heterocycles. The van der Waals surface area contributed by atoms with Crippen molar-refractivity contribution >= 4 is 11.5 Å². The summed E-state index contributed by atoms with van der Waals surface area (Å²) < 4.78 is 6.50. The number of nitriles is 1. The third kappa shape index (κ3) is 1.79. The first-order valence-electron chi connectivity index (χ1n) is 6.79. The van der Waals surface area contributed by atoms with E-state index in [1.54, 1.807) is 6.07 Å². The number of hydrogen-bond donors (Lipinski definition) is 5. The molecule has 1 fully saturated rings. The summed E-state index contributed by atoms with van der Waals surface area (Å²) in [4.78, 5) is 14.2. The monoisotopic (exact) mass is 331 g/mol. The molecule has 124 valence electrons. The van der Waals surface area contributed by atoms with Crippen molar-refractivity contribution in [2.24, 2.45) is 0 Å². The molecule has 3 heterocycles. The fourth-order valence-electron chi connectivity index (χ4n) is 2.82. The fourth-order valence-corrected chi connectivity index (χ4v) is 2.82. The van der Waals surface area contributed by atoms with Gasteiger partial charge in [0.2, 0.25) is 11.5 Å². The second-order valence-electron chi connectivity index (χ2n) is 5.39. The van der Waals surface area contributed by atoms with Gasteiger partial charge in [-0.05, 0) is 12.1 Å². The van der Waals surface area contributed by atoms with E-state index in [1.165, 1.54) is 12.1 Å². The van der Waals surface area contributed by atoms with Crippen molar-refractivity contribution in [3.63, 3.8) is 0 Å². The summed E-state index contributed by atoms with van der Waals surface area (Å²) in [6, 6.07) is 4.43. The molecule has 0 radical (unpaired) electrons. The average Bonchev–Trinajstić information content (AvgIpc) is 3.08. The maximum atomic E-state index is 11.9. The molecule has 24 heavy (non-hydrogen) atoms. The maximum absolute atomic E-state index is 11.9. The largest absolute Gasteiger partial charge is 0.392 e. The van der Waals surface area contributed by atoms with Gasteiger partial charge in [0.15, 0.2) is 5.60 Å². The Morgan fingerprint density at radius 3 is 2.75 bits per heavy atom. The first kappa shape index (κ1) is 16.0. The quantitative estimate of drug-likeness (QED) is 0.374. The molecule has 1 aliphatic heterocycles. The van der Waals surface area contributed by atoms with Crippen LogP contribution in [0.4, 0.5) is 5.95 Å². The predicted octanol–water partition coefficient (Wildman–Crippen LogP) is -2.56.